The van der Waals surface area contributed by atoms with E-state index in [0.717, 1.165) is 12.8 Å². The van der Waals surface area contributed by atoms with Gasteiger partial charge in [0.15, 0.2) is 0 Å². The lowest BCUT2D eigenvalue weighted by Gasteiger charge is -2.33. The normalized spacial score (nSPS) is 34.2. The molecule has 5 nitrogen and oxygen atoms in total. The summed E-state index contributed by atoms with van der Waals surface area (Å²) in [6, 6.07) is 0.0592. The van der Waals surface area contributed by atoms with Gasteiger partial charge in [0.1, 0.15) is 6.61 Å². The van der Waals surface area contributed by atoms with Crippen LogP contribution < -0.4 is 0 Å². The van der Waals surface area contributed by atoms with Crippen molar-refractivity contribution in [2.75, 3.05) is 26.7 Å². The molecule has 3 aliphatic rings. The summed E-state index contributed by atoms with van der Waals surface area (Å²) >= 11 is 0. The molecule has 2 amide bonds. The van der Waals surface area contributed by atoms with Gasteiger partial charge in [-0.25, -0.2) is 0 Å². The number of ether oxygens (including phenoxy) is 1. The molecule has 2 aliphatic heterocycles. The van der Waals surface area contributed by atoms with E-state index in [-0.39, 0.29) is 36.5 Å². The molecule has 0 bridgehead atoms. The SMILES string of the molecule is CN1C(=O)COC2CN(C(=O)C3CC3)CC21. The van der Waals surface area contributed by atoms with Crippen LogP contribution in [0.3, 0.4) is 0 Å². The number of morpholine rings is 1. The third-order valence-electron chi connectivity index (χ3n) is 3.79. The fourth-order valence-electron chi connectivity index (χ4n) is 2.53. The lowest BCUT2D eigenvalue weighted by molar-refractivity contribution is -0.150. The minimum atomic E-state index is 0.0157. The highest BCUT2D eigenvalue weighted by Crippen LogP contribution is 2.33. The zero-order valence-electron chi connectivity index (χ0n) is 9.39. The van der Waals surface area contributed by atoms with Gasteiger partial charge < -0.3 is 14.5 Å². The van der Waals surface area contributed by atoms with Gasteiger partial charge in [-0.05, 0) is 12.8 Å². The molecule has 0 aromatic heterocycles. The van der Waals surface area contributed by atoms with Gasteiger partial charge in [0.05, 0.1) is 12.1 Å². The lowest BCUT2D eigenvalue weighted by Crippen LogP contribution is -2.51. The number of amides is 2. The lowest BCUT2D eigenvalue weighted by atomic mass is 10.1. The van der Waals surface area contributed by atoms with Crippen molar-refractivity contribution in [2.45, 2.75) is 25.0 Å². The van der Waals surface area contributed by atoms with Gasteiger partial charge in [-0.1, -0.05) is 0 Å². The molecule has 1 aliphatic carbocycles. The molecule has 88 valence electrons. The predicted octanol–water partition coefficient (Wildman–Crippen LogP) is -0.536. The fourth-order valence-corrected chi connectivity index (χ4v) is 2.53. The summed E-state index contributed by atoms with van der Waals surface area (Å²) in [4.78, 5) is 27.0. The maximum Gasteiger partial charge on any atom is 0.248 e. The van der Waals surface area contributed by atoms with E-state index in [9.17, 15) is 9.59 Å². The summed E-state index contributed by atoms with van der Waals surface area (Å²) in [5.74, 6) is 0.516. The number of hydrogen-bond acceptors (Lipinski definition) is 3. The monoisotopic (exact) mass is 224 g/mol. The smallest absolute Gasteiger partial charge is 0.248 e. The highest BCUT2D eigenvalue weighted by molar-refractivity contribution is 5.82. The van der Waals surface area contributed by atoms with Gasteiger partial charge in [-0.15, -0.1) is 0 Å². The molecule has 2 heterocycles. The van der Waals surface area contributed by atoms with Crippen LogP contribution in [0.1, 0.15) is 12.8 Å². The van der Waals surface area contributed by atoms with Crippen LogP contribution in [0.25, 0.3) is 0 Å². The van der Waals surface area contributed by atoms with E-state index in [4.69, 9.17) is 4.74 Å². The van der Waals surface area contributed by atoms with Crippen molar-refractivity contribution in [3.8, 4) is 0 Å². The molecule has 3 rings (SSSR count). The first-order chi connectivity index (χ1) is 7.66. The largest absolute Gasteiger partial charge is 0.364 e. The summed E-state index contributed by atoms with van der Waals surface area (Å²) in [5, 5.41) is 0. The molecule has 0 aromatic carbocycles. The van der Waals surface area contributed by atoms with Crippen molar-refractivity contribution in [3.05, 3.63) is 0 Å². The number of rotatable bonds is 1. The highest BCUT2D eigenvalue weighted by atomic mass is 16.5. The summed E-state index contributed by atoms with van der Waals surface area (Å²) < 4.78 is 5.48. The van der Waals surface area contributed by atoms with Crippen molar-refractivity contribution >= 4 is 11.8 Å². The van der Waals surface area contributed by atoms with Crippen LogP contribution in [-0.2, 0) is 14.3 Å². The van der Waals surface area contributed by atoms with Crippen LogP contribution >= 0.6 is 0 Å². The summed E-state index contributed by atoms with van der Waals surface area (Å²) in [6.07, 6.45) is 2.08. The second-order valence-electron chi connectivity index (χ2n) is 4.94. The molecule has 16 heavy (non-hydrogen) atoms. The van der Waals surface area contributed by atoms with Gasteiger partial charge >= 0.3 is 0 Å². The van der Waals surface area contributed by atoms with E-state index >= 15 is 0 Å². The molecule has 2 saturated heterocycles. The van der Waals surface area contributed by atoms with Gasteiger partial charge in [-0.3, -0.25) is 9.59 Å². The molecule has 1 saturated carbocycles. The minimum absolute atomic E-state index is 0.0157. The second kappa shape index (κ2) is 3.45. The van der Waals surface area contributed by atoms with Crippen LogP contribution in [0.4, 0.5) is 0 Å². The highest BCUT2D eigenvalue weighted by Gasteiger charge is 2.45. The Hall–Kier alpha value is -1.10. The zero-order valence-corrected chi connectivity index (χ0v) is 9.39. The standard InChI is InChI=1S/C11H16N2O3/c1-12-8-4-13(11(15)7-2-3-7)5-9(8)16-6-10(12)14/h7-9H,2-6H2,1H3. The second-order valence-corrected chi connectivity index (χ2v) is 4.94. The van der Waals surface area contributed by atoms with Crippen LogP contribution in [0, 0.1) is 5.92 Å². The van der Waals surface area contributed by atoms with Crippen LogP contribution in [-0.4, -0.2) is 60.5 Å². The fraction of sp³-hybridized carbons (Fsp3) is 0.818. The van der Waals surface area contributed by atoms with Gasteiger partial charge in [0, 0.05) is 26.1 Å². The number of likely N-dealkylation sites (tertiary alicyclic amines) is 1. The van der Waals surface area contributed by atoms with Crippen molar-refractivity contribution in [3.63, 3.8) is 0 Å². The summed E-state index contributed by atoms with van der Waals surface area (Å²) in [7, 11) is 1.80. The molecule has 2 unspecified atom stereocenters. The van der Waals surface area contributed by atoms with E-state index in [2.05, 4.69) is 0 Å². The quantitative estimate of drug-likeness (QED) is 0.601. The first-order valence-corrected chi connectivity index (χ1v) is 5.83. The van der Waals surface area contributed by atoms with Crippen LogP contribution in [0.5, 0.6) is 0 Å². The van der Waals surface area contributed by atoms with E-state index in [1.165, 1.54) is 0 Å². The molecule has 0 spiro atoms. The Morgan fingerprint density at radius 3 is 2.81 bits per heavy atom. The maximum atomic E-state index is 11.9. The number of nitrogens with zero attached hydrogens (tertiary/aromatic N) is 2. The Labute approximate surface area is 94.3 Å². The van der Waals surface area contributed by atoms with E-state index < -0.39 is 0 Å². The number of carbonyl (C=O) groups is 2. The average Bonchev–Trinajstić information content (AvgIpc) is 3.02. The Morgan fingerprint density at radius 2 is 2.12 bits per heavy atom. The Balaban J connectivity index is 1.70. The van der Waals surface area contributed by atoms with E-state index in [1.54, 1.807) is 11.9 Å². The van der Waals surface area contributed by atoms with Gasteiger partial charge in [0.25, 0.3) is 0 Å². The number of likely N-dealkylation sites (N-methyl/N-ethyl adjacent to an activating group) is 1. The first kappa shape index (κ1) is 10.1. The third-order valence-corrected chi connectivity index (χ3v) is 3.79. The third kappa shape index (κ3) is 1.50. The molecule has 3 fully saturated rings. The molecular formula is C11H16N2O3. The van der Waals surface area contributed by atoms with E-state index in [0.29, 0.717) is 13.1 Å². The molecule has 0 aromatic rings. The van der Waals surface area contributed by atoms with E-state index in [1.807, 2.05) is 4.90 Å². The maximum absolute atomic E-state index is 11.9. The number of carbonyl (C=O) groups excluding carboxylic acids is 2. The predicted molar refractivity (Wildman–Crippen MR) is 55.6 cm³/mol. The van der Waals surface area contributed by atoms with Gasteiger partial charge in [0.2, 0.25) is 11.8 Å². The van der Waals surface area contributed by atoms with Crippen molar-refractivity contribution in [1.82, 2.24) is 9.80 Å². The van der Waals surface area contributed by atoms with Crippen molar-refractivity contribution < 1.29 is 14.3 Å². The van der Waals surface area contributed by atoms with Crippen LogP contribution in [0.2, 0.25) is 0 Å². The Bertz CT molecular complexity index is 340. The summed E-state index contributed by atoms with van der Waals surface area (Å²) in [6.45, 7) is 1.45. The molecule has 0 N–H and O–H groups in total. The molecule has 0 radical (unpaired) electrons. The average molecular weight is 224 g/mol. The topological polar surface area (TPSA) is 49.9 Å². The summed E-state index contributed by atoms with van der Waals surface area (Å²) in [5.41, 5.74) is 0. The Kier molecular flexibility index (Phi) is 2.17. The molecule has 5 heteroatoms. The number of fused-ring (bicyclic) bond motifs is 1. The first-order valence-electron chi connectivity index (χ1n) is 5.83. The van der Waals surface area contributed by atoms with Crippen molar-refractivity contribution in [1.29, 1.82) is 0 Å². The number of hydrogen-bond donors (Lipinski definition) is 0. The molecular weight excluding hydrogens is 208 g/mol. The van der Waals surface area contributed by atoms with Crippen molar-refractivity contribution in [2.24, 2.45) is 5.92 Å². The zero-order chi connectivity index (χ0) is 11.3. The minimum Gasteiger partial charge on any atom is -0.364 e. The van der Waals surface area contributed by atoms with Crippen LogP contribution in [0.15, 0.2) is 0 Å². The molecule has 2 atom stereocenters. The van der Waals surface area contributed by atoms with Gasteiger partial charge in [-0.2, -0.15) is 0 Å². The Morgan fingerprint density at radius 1 is 1.38 bits per heavy atom.